The summed E-state index contributed by atoms with van der Waals surface area (Å²) in [5.41, 5.74) is 0.764. The molecule has 0 atom stereocenters. The predicted octanol–water partition coefficient (Wildman–Crippen LogP) is 1.40. The number of ketones is 1. The van der Waals surface area contributed by atoms with E-state index in [1.165, 1.54) is 4.68 Å². The first kappa shape index (κ1) is 10.7. The van der Waals surface area contributed by atoms with E-state index in [4.69, 9.17) is 0 Å². The lowest BCUT2D eigenvalue weighted by Gasteiger charge is -2.03. The van der Waals surface area contributed by atoms with Crippen LogP contribution in [0.5, 0.6) is 0 Å². The fourth-order valence-electron chi connectivity index (χ4n) is 1.08. The highest BCUT2D eigenvalue weighted by atomic mass is 19.4. The minimum Gasteiger partial charge on any atom is -0.289 e. The number of carbonyl (C=O) groups is 1. The van der Waals surface area contributed by atoms with E-state index >= 15 is 0 Å². The van der Waals surface area contributed by atoms with Crippen LogP contribution in [0.2, 0.25) is 0 Å². The second kappa shape index (κ2) is 3.43. The van der Waals surface area contributed by atoms with Crippen molar-refractivity contribution < 1.29 is 18.0 Å². The molecule has 6 heteroatoms. The Labute approximate surface area is 78.5 Å². The van der Waals surface area contributed by atoms with E-state index in [9.17, 15) is 18.0 Å². The molecule has 14 heavy (non-hydrogen) atoms. The molecule has 1 aromatic rings. The fraction of sp³-hybridized carbons (Fsp3) is 0.500. The summed E-state index contributed by atoms with van der Waals surface area (Å²) >= 11 is 0. The summed E-state index contributed by atoms with van der Waals surface area (Å²) in [6.07, 6.45) is -3.89. The van der Waals surface area contributed by atoms with Crippen LogP contribution >= 0.6 is 0 Å². The van der Waals surface area contributed by atoms with Crippen LogP contribution in [-0.2, 0) is 18.3 Å². The molecule has 0 amide bonds. The number of halogens is 3. The van der Waals surface area contributed by atoms with Gasteiger partial charge in [-0.1, -0.05) is 0 Å². The summed E-state index contributed by atoms with van der Waals surface area (Å²) in [7, 11) is 1.59. The number of alkyl halides is 3. The van der Waals surface area contributed by atoms with Crippen molar-refractivity contribution in [1.29, 1.82) is 0 Å². The Hall–Kier alpha value is -1.33. The van der Waals surface area contributed by atoms with E-state index in [-0.39, 0.29) is 5.69 Å². The van der Waals surface area contributed by atoms with E-state index in [0.29, 0.717) is 5.56 Å². The SMILES string of the molecule is Cc1cn(C)nc1CC(=O)C(F)(F)F. The van der Waals surface area contributed by atoms with Crippen LogP contribution in [0.25, 0.3) is 0 Å². The van der Waals surface area contributed by atoms with Gasteiger partial charge in [0.2, 0.25) is 5.78 Å². The van der Waals surface area contributed by atoms with Crippen molar-refractivity contribution in [2.24, 2.45) is 7.05 Å². The molecule has 0 N–H and O–H groups in total. The molecule has 3 nitrogen and oxygen atoms in total. The van der Waals surface area contributed by atoms with E-state index < -0.39 is 18.4 Å². The summed E-state index contributed by atoms with van der Waals surface area (Å²) < 4.78 is 37.1. The lowest BCUT2D eigenvalue weighted by atomic mass is 10.1. The monoisotopic (exact) mass is 206 g/mol. The van der Waals surface area contributed by atoms with Gasteiger partial charge in [-0.15, -0.1) is 0 Å². The molecule has 0 aliphatic rings. The van der Waals surface area contributed by atoms with Crippen molar-refractivity contribution in [1.82, 2.24) is 9.78 Å². The third-order valence-corrected chi connectivity index (χ3v) is 1.76. The largest absolute Gasteiger partial charge is 0.450 e. The van der Waals surface area contributed by atoms with E-state index in [1.807, 2.05) is 0 Å². The van der Waals surface area contributed by atoms with Crippen LogP contribution in [-0.4, -0.2) is 21.7 Å². The minimum atomic E-state index is -4.77. The van der Waals surface area contributed by atoms with Crippen molar-refractivity contribution in [2.45, 2.75) is 19.5 Å². The van der Waals surface area contributed by atoms with Gasteiger partial charge in [0.05, 0.1) is 12.1 Å². The average molecular weight is 206 g/mol. The standard InChI is InChI=1S/C8H9F3N2O/c1-5-4-13(2)12-6(5)3-7(14)8(9,10)11/h4H,3H2,1-2H3. The van der Waals surface area contributed by atoms with Crippen molar-refractivity contribution >= 4 is 5.78 Å². The van der Waals surface area contributed by atoms with Crippen molar-refractivity contribution in [2.75, 3.05) is 0 Å². The summed E-state index contributed by atoms with van der Waals surface area (Å²) in [6, 6.07) is 0. The van der Waals surface area contributed by atoms with Gasteiger partial charge < -0.3 is 0 Å². The van der Waals surface area contributed by atoms with Gasteiger partial charge in [0, 0.05) is 13.2 Å². The molecular formula is C8H9F3N2O. The van der Waals surface area contributed by atoms with Crippen molar-refractivity contribution in [3.05, 3.63) is 17.5 Å². The normalized spacial score (nSPS) is 11.8. The topological polar surface area (TPSA) is 34.9 Å². The van der Waals surface area contributed by atoms with Gasteiger partial charge in [-0.3, -0.25) is 9.48 Å². The van der Waals surface area contributed by atoms with Crippen LogP contribution in [0.3, 0.4) is 0 Å². The number of Topliss-reactive ketones (excluding diaryl/α,β-unsaturated/α-hetero) is 1. The van der Waals surface area contributed by atoms with Crippen molar-refractivity contribution in [3.63, 3.8) is 0 Å². The molecule has 0 saturated carbocycles. The highest BCUT2D eigenvalue weighted by Gasteiger charge is 2.38. The summed E-state index contributed by atoms with van der Waals surface area (Å²) in [5.74, 6) is -1.76. The predicted molar refractivity (Wildman–Crippen MR) is 42.7 cm³/mol. The average Bonchev–Trinajstić information content (AvgIpc) is 2.28. The summed E-state index contributed by atoms with van der Waals surface area (Å²) in [6.45, 7) is 1.62. The third kappa shape index (κ3) is 2.34. The van der Waals surface area contributed by atoms with Gasteiger partial charge in [0.15, 0.2) is 0 Å². The van der Waals surface area contributed by atoms with Crippen LogP contribution < -0.4 is 0 Å². The van der Waals surface area contributed by atoms with Gasteiger partial charge >= 0.3 is 6.18 Å². The zero-order valence-corrected chi connectivity index (χ0v) is 7.72. The molecule has 1 rings (SSSR count). The smallest absolute Gasteiger partial charge is 0.289 e. The Morgan fingerprint density at radius 1 is 1.57 bits per heavy atom. The van der Waals surface area contributed by atoms with E-state index in [0.717, 1.165) is 0 Å². The number of aromatic nitrogens is 2. The lowest BCUT2D eigenvalue weighted by Crippen LogP contribution is -2.25. The fourth-order valence-corrected chi connectivity index (χ4v) is 1.08. The second-order valence-corrected chi connectivity index (χ2v) is 3.03. The van der Waals surface area contributed by atoms with Crippen LogP contribution in [0.1, 0.15) is 11.3 Å². The molecule has 0 aromatic carbocycles. The van der Waals surface area contributed by atoms with Gasteiger partial charge in [-0.2, -0.15) is 18.3 Å². The summed E-state index contributed by atoms with van der Waals surface area (Å²) in [5, 5.41) is 3.76. The molecule has 0 saturated heterocycles. The van der Waals surface area contributed by atoms with Crippen LogP contribution in [0, 0.1) is 6.92 Å². The first-order valence-corrected chi connectivity index (χ1v) is 3.90. The second-order valence-electron chi connectivity index (χ2n) is 3.03. The number of nitrogens with zero attached hydrogens (tertiary/aromatic N) is 2. The molecule has 78 valence electrons. The van der Waals surface area contributed by atoms with Crippen LogP contribution in [0.4, 0.5) is 13.2 Å². The maximum absolute atomic E-state index is 11.9. The highest BCUT2D eigenvalue weighted by Crippen LogP contribution is 2.19. The molecule has 0 aliphatic carbocycles. The van der Waals surface area contributed by atoms with Gasteiger partial charge in [0.1, 0.15) is 0 Å². The minimum absolute atomic E-state index is 0.176. The summed E-state index contributed by atoms with van der Waals surface area (Å²) in [4.78, 5) is 10.6. The lowest BCUT2D eigenvalue weighted by molar-refractivity contribution is -0.170. The van der Waals surface area contributed by atoms with E-state index in [1.54, 1.807) is 20.2 Å². The molecule has 1 aromatic heterocycles. The van der Waals surface area contributed by atoms with Gasteiger partial charge in [0.25, 0.3) is 0 Å². The molecule has 0 aliphatic heterocycles. The maximum Gasteiger partial charge on any atom is 0.450 e. The Bertz CT molecular complexity index is 354. The van der Waals surface area contributed by atoms with Gasteiger partial charge in [-0.25, -0.2) is 0 Å². The van der Waals surface area contributed by atoms with Gasteiger partial charge in [-0.05, 0) is 12.5 Å². The number of hydrogen-bond acceptors (Lipinski definition) is 2. The Morgan fingerprint density at radius 2 is 2.14 bits per heavy atom. The first-order valence-electron chi connectivity index (χ1n) is 3.90. The number of aryl methyl sites for hydroxylation is 2. The molecule has 0 fully saturated rings. The van der Waals surface area contributed by atoms with Crippen molar-refractivity contribution in [3.8, 4) is 0 Å². The maximum atomic E-state index is 11.9. The number of rotatable bonds is 2. The number of hydrogen-bond donors (Lipinski definition) is 0. The zero-order chi connectivity index (χ0) is 10.9. The molecule has 0 bridgehead atoms. The van der Waals surface area contributed by atoms with Crippen LogP contribution in [0.15, 0.2) is 6.20 Å². The third-order valence-electron chi connectivity index (χ3n) is 1.76. The molecule has 1 heterocycles. The molecular weight excluding hydrogens is 197 g/mol. The number of carbonyl (C=O) groups excluding carboxylic acids is 1. The Morgan fingerprint density at radius 3 is 2.50 bits per heavy atom. The Balaban J connectivity index is 2.80. The first-order chi connectivity index (χ1) is 6.30. The van der Waals surface area contributed by atoms with E-state index in [2.05, 4.69) is 5.10 Å². The Kier molecular flexibility index (Phi) is 2.64. The molecule has 0 unspecified atom stereocenters. The highest BCUT2D eigenvalue weighted by molar-refractivity contribution is 5.85. The molecule has 0 spiro atoms. The quantitative estimate of drug-likeness (QED) is 0.733. The zero-order valence-electron chi connectivity index (χ0n) is 7.72. The molecule has 0 radical (unpaired) electrons.